The Morgan fingerprint density at radius 1 is 1.28 bits per heavy atom. The second-order valence-electron chi connectivity index (χ2n) is 4.61. The van der Waals surface area contributed by atoms with Crippen LogP contribution in [-0.2, 0) is 15.9 Å². The zero-order valence-corrected chi connectivity index (χ0v) is 10.3. The lowest BCUT2D eigenvalue weighted by Gasteiger charge is -2.10. The van der Waals surface area contributed by atoms with Gasteiger partial charge in [0.05, 0.1) is 0 Å². The minimum Gasteiger partial charge on any atom is -0.450 e. The van der Waals surface area contributed by atoms with Gasteiger partial charge in [0.15, 0.2) is 0 Å². The molecule has 1 aromatic rings. The van der Waals surface area contributed by atoms with E-state index >= 15 is 0 Å². The van der Waals surface area contributed by atoms with Crippen LogP contribution in [0.25, 0.3) is 0 Å². The number of carboxylic acid groups (broad SMARTS) is 1. The SMILES string of the molecule is O=C(O)OC1(CCCCCc2ccccc2)CO1. The minimum atomic E-state index is -1.25. The number of ether oxygens (including phenoxy) is 2. The highest BCUT2D eigenvalue weighted by Gasteiger charge is 2.48. The van der Waals surface area contributed by atoms with Crippen LogP contribution in [0.5, 0.6) is 0 Å². The molecule has 0 spiro atoms. The quantitative estimate of drug-likeness (QED) is 0.458. The summed E-state index contributed by atoms with van der Waals surface area (Å²) in [6, 6.07) is 10.4. The third kappa shape index (κ3) is 4.04. The van der Waals surface area contributed by atoms with Gasteiger partial charge in [0.2, 0.25) is 5.79 Å². The molecule has 4 heteroatoms. The summed E-state index contributed by atoms with van der Waals surface area (Å²) in [4.78, 5) is 10.4. The molecule has 98 valence electrons. The van der Waals surface area contributed by atoms with Crippen LogP contribution < -0.4 is 0 Å². The summed E-state index contributed by atoms with van der Waals surface area (Å²) in [5, 5.41) is 8.54. The van der Waals surface area contributed by atoms with Gasteiger partial charge in [-0.25, -0.2) is 4.79 Å². The van der Waals surface area contributed by atoms with Crippen molar-refractivity contribution >= 4 is 6.16 Å². The van der Waals surface area contributed by atoms with Gasteiger partial charge in [0.1, 0.15) is 6.61 Å². The normalized spacial score (nSPS) is 21.6. The lowest BCUT2D eigenvalue weighted by molar-refractivity contribution is -0.0244. The summed E-state index contributed by atoms with van der Waals surface area (Å²) in [5.74, 6) is -0.821. The fourth-order valence-electron chi connectivity index (χ4n) is 2.04. The van der Waals surface area contributed by atoms with Gasteiger partial charge in [-0.3, -0.25) is 0 Å². The zero-order valence-electron chi connectivity index (χ0n) is 10.3. The number of aryl methyl sites for hydroxylation is 1. The monoisotopic (exact) mass is 250 g/mol. The first-order valence-electron chi connectivity index (χ1n) is 6.30. The number of hydrogen-bond donors (Lipinski definition) is 1. The maximum absolute atomic E-state index is 10.4. The van der Waals surface area contributed by atoms with E-state index in [1.807, 2.05) is 18.2 Å². The molecule has 1 N–H and O–H groups in total. The van der Waals surface area contributed by atoms with Gasteiger partial charge in [0.25, 0.3) is 0 Å². The van der Waals surface area contributed by atoms with Crippen molar-refractivity contribution in [3.8, 4) is 0 Å². The minimum absolute atomic E-state index is 0.401. The van der Waals surface area contributed by atoms with Crippen molar-refractivity contribution in [3.05, 3.63) is 35.9 Å². The van der Waals surface area contributed by atoms with Crippen molar-refractivity contribution in [2.45, 2.75) is 37.9 Å². The largest absolute Gasteiger partial charge is 0.508 e. The third-order valence-electron chi connectivity index (χ3n) is 3.11. The Hall–Kier alpha value is -1.55. The summed E-state index contributed by atoms with van der Waals surface area (Å²) >= 11 is 0. The maximum Gasteiger partial charge on any atom is 0.508 e. The fraction of sp³-hybridized carbons (Fsp3) is 0.500. The molecule has 1 saturated heterocycles. The predicted molar refractivity (Wildman–Crippen MR) is 66.4 cm³/mol. The topological polar surface area (TPSA) is 59.1 Å². The predicted octanol–water partition coefficient (Wildman–Crippen LogP) is 3.21. The number of epoxide rings is 1. The molecule has 1 aromatic carbocycles. The van der Waals surface area contributed by atoms with E-state index in [2.05, 4.69) is 12.1 Å². The highest BCUT2D eigenvalue weighted by atomic mass is 16.8. The van der Waals surface area contributed by atoms with Gasteiger partial charge in [-0.1, -0.05) is 36.8 Å². The Morgan fingerprint density at radius 3 is 2.61 bits per heavy atom. The molecule has 0 aliphatic carbocycles. The molecule has 0 radical (unpaired) electrons. The van der Waals surface area contributed by atoms with E-state index in [1.54, 1.807) is 0 Å². The van der Waals surface area contributed by atoms with E-state index in [-0.39, 0.29) is 0 Å². The first kappa shape index (κ1) is 12.9. The van der Waals surface area contributed by atoms with Crippen LogP contribution in [0.1, 0.15) is 31.2 Å². The smallest absolute Gasteiger partial charge is 0.450 e. The second-order valence-corrected chi connectivity index (χ2v) is 4.61. The van der Waals surface area contributed by atoms with Gasteiger partial charge in [-0.15, -0.1) is 0 Å². The Morgan fingerprint density at radius 2 is 2.00 bits per heavy atom. The number of carbonyl (C=O) groups is 1. The summed E-state index contributed by atoms with van der Waals surface area (Å²) < 4.78 is 9.78. The highest BCUT2D eigenvalue weighted by Crippen LogP contribution is 2.34. The first-order chi connectivity index (χ1) is 8.70. The van der Waals surface area contributed by atoms with Crippen LogP contribution in [0.4, 0.5) is 4.79 Å². The van der Waals surface area contributed by atoms with E-state index in [1.165, 1.54) is 5.56 Å². The fourth-order valence-corrected chi connectivity index (χ4v) is 2.04. The Kier molecular flexibility index (Phi) is 4.20. The molecule has 0 bridgehead atoms. The van der Waals surface area contributed by atoms with Crippen molar-refractivity contribution in [2.75, 3.05) is 6.61 Å². The lowest BCUT2D eigenvalue weighted by Crippen LogP contribution is -2.19. The van der Waals surface area contributed by atoms with Gasteiger partial charge in [-0.2, -0.15) is 0 Å². The number of hydrogen-bond acceptors (Lipinski definition) is 3. The molecule has 1 unspecified atom stereocenters. The van der Waals surface area contributed by atoms with E-state index in [4.69, 9.17) is 14.6 Å². The van der Waals surface area contributed by atoms with E-state index in [0.29, 0.717) is 13.0 Å². The third-order valence-corrected chi connectivity index (χ3v) is 3.11. The average Bonchev–Trinajstić information content (AvgIpc) is 3.09. The molecule has 1 heterocycles. The van der Waals surface area contributed by atoms with Crippen molar-refractivity contribution in [3.63, 3.8) is 0 Å². The van der Waals surface area contributed by atoms with Crippen LogP contribution in [-0.4, -0.2) is 23.7 Å². The highest BCUT2D eigenvalue weighted by molar-refractivity contribution is 5.57. The Labute approximate surface area is 107 Å². The van der Waals surface area contributed by atoms with Crippen molar-refractivity contribution < 1.29 is 19.4 Å². The van der Waals surface area contributed by atoms with Crippen LogP contribution in [0, 0.1) is 0 Å². The molecule has 1 aliphatic heterocycles. The Balaban J connectivity index is 1.58. The van der Waals surface area contributed by atoms with Crippen LogP contribution in [0.3, 0.4) is 0 Å². The lowest BCUT2D eigenvalue weighted by atomic mass is 10.1. The maximum atomic E-state index is 10.4. The molecule has 4 nitrogen and oxygen atoms in total. The number of rotatable bonds is 7. The van der Waals surface area contributed by atoms with Gasteiger partial charge < -0.3 is 14.6 Å². The van der Waals surface area contributed by atoms with Crippen LogP contribution in [0.2, 0.25) is 0 Å². The van der Waals surface area contributed by atoms with Crippen molar-refractivity contribution in [1.82, 2.24) is 0 Å². The molecule has 1 fully saturated rings. The molecule has 1 aliphatic rings. The molecule has 18 heavy (non-hydrogen) atoms. The molecule has 2 rings (SSSR count). The molecule has 1 atom stereocenters. The Bertz CT molecular complexity index is 384. The van der Waals surface area contributed by atoms with Crippen molar-refractivity contribution in [1.29, 1.82) is 0 Å². The molecule has 0 aromatic heterocycles. The van der Waals surface area contributed by atoms with E-state index in [9.17, 15) is 4.79 Å². The molecule has 0 saturated carbocycles. The standard InChI is InChI=1S/C14H18O4/c15-13(16)18-14(11-17-14)10-6-2-5-9-12-7-3-1-4-8-12/h1,3-4,7-8H,2,5-6,9-11H2,(H,15,16). The van der Waals surface area contributed by atoms with Crippen LogP contribution in [0.15, 0.2) is 30.3 Å². The van der Waals surface area contributed by atoms with Gasteiger partial charge in [0, 0.05) is 6.42 Å². The van der Waals surface area contributed by atoms with Gasteiger partial charge in [-0.05, 0) is 24.8 Å². The summed E-state index contributed by atoms with van der Waals surface area (Å²) in [6.07, 6.45) is 3.57. The van der Waals surface area contributed by atoms with Gasteiger partial charge >= 0.3 is 6.16 Å². The van der Waals surface area contributed by atoms with E-state index < -0.39 is 11.9 Å². The summed E-state index contributed by atoms with van der Waals surface area (Å²) in [5.41, 5.74) is 1.34. The molecular weight excluding hydrogens is 232 g/mol. The summed E-state index contributed by atoms with van der Waals surface area (Å²) in [7, 11) is 0. The first-order valence-corrected chi connectivity index (χ1v) is 6.30. The second kappa shape index (κ2) is 5.87. The van der Waals surface area contributed by atoms with Crippen LogP contribution >= 0.6 is 0 Å². The number of benzene rings is 1. The average molecular weight is 250 g/mol. The molecule has 0 amide bonds. The van der Waals surface area contributed by atoms with Crippen molar-refractivity contribution in [2.24, 2.45) is 0 Å². The summed E-state index contributed by atoms with van der Waals surface area (Å²) in [6.45, 7) is 0.401. The number of unbranched alkanes of at least 4 members (excludes halogenated alkanes) is 2. The zero-order chi connectivity index (χ0) is 12.8. The molecular formula is C14H18O4. The van der Waals surface area contributed by atoms with E-state index in [0.717, 1.165) is 25.7 Å².